The first-order valence-corrected chi connectivity index (χ1v) is 8.54. The molecular weight excluding hydrogens is 352 g/mol. The third kappa shape index (κ3) is 3.96. The number of thioether (sulfide) groups is 1. The predicted octanol–water partition coefficient (Wildman–Crippen LogP) is -3.74. The second-order valence-electron chi connectivity index (χ2n) is 5.53. The first kappa shape index (κ1) is 19.7. The molecule has 0 aliphatic carbocycles. The van der Waals surface area contributed by atoms with Crippen molar-refractivity contribution in [2.75, 3.05) is 13.2 Å². The van der Waals surface area contributed by atoms with E-state index in [9.17, 15) is 30.6 Å². The van der Waals surface area contributed by atoms with Crippen LogP contribution in [0.15, 0.2) is 0 Å². The van der Waals surface area contributed by atoms with Gasteiger partial charge in [0.25, 0.3) is 0 Å². The van der Waals surface area contributed by atoms with Crippen LogP contribution in [0.25, 0.3) is 0 Å². The van der Waals surface area contributed by atoms with Crippen LogP contribution in [0.3, 0.4) is 0 Å². The Morgan fingerprint density at radius 1 is 0.696 bits per heavy atom. The van der Waals surface area contributed by atoms with Crippen molar-refractivity contribution in [2.45, 2.75) is 58.8 Å². The third-order valence-electron chi connectivity index (χ3n) is 3.97. The molecule has 2 heterocycles. The lowest BCUT2D eigenvalue weighted by molar-refractivity contribution is -0.207. The van der Waals surface area contributed by atoms with E-state index in [1.165, 1.54) is 0 Å². The van der Waals surface area contributed by atoms with Crippen LogP contribution in [0.2, 0.25) is 0 Å². The number of hydrogen-bond donors (Lipinski definition) is 8. The molecular formula is C12H22O9S2. The molecule has 11 heteroatoms. The Balaban J connectivity index is 2.07. The normalized spacial score (nSPS) is 51.7. The summed E-state index contributed by atoms with van der Waals surface area (Å²) in [7, 11) is 0. The van der Waals surface area contributed by atoms with Gasteiger partial charge < -0.3 is 45.2 Å². The minimum Gasteiger partial charge on any atom is -0.394 e. The van der Waals surface area contributed by atoms with Gasteiger partial charge in [-0.3, -0.25) is 0 Å². The summed E-state index contributed by atoms with van der Waals surface area (Å²) in [6, 6.07) is 0. The van der Waals surface area contributed by atoms with E-state index in [1.54, 1.807) is 0 Å². The van der Waals surface area contributed by atoms with Gasteiger partial charge in [0.2, 0.25) is 0 Å². The van der Waals surface area contributed by atoms with Crippen LogP contribution in [0.5, 0.6) is 0 Å². The van der Waals surface area contributed by atoms with Gasteiger partial charge in [-0.05, 0) is 0 Å². The molecule has 2 rings (SSSR count). The van der Waals surface area contributed by atoms with Crippen molar-refractivity contribution in [3.05, 3.63) is 0 Å². The Morgan fingerprint density at radius 3 is 1.70 bits per heavy atom. The summed E-state index contributed by atoms with van der Waals surface area (Å²) in [4.78, 5) is 0. The fourth-order valence-corrected chi connectivity index (χ4v) is 4.27. The van der Waals surface area contributed by atoms with E-state index in [0.29, 0.717) is 0 Å². The zero-order valence-corrected chi connectivity index (χ0v) is 13.7. The van der Waals surface area contributed by atoms with Crippen LogP contribution >= 0.6 is 24.4 Å². The van der Waals surface area contributed by atoms with Gasteiger partial charge in [0.05, 0.1) is 24.6 Å². The molecule has 10 atom stereocenters. The van der Waals surface area contributed by atoms with Crippen molar-refractivity contribution < 1.29 is 45.2 Å². The van der Waals surface area contributed by atoms with Crippen molar-refractivity contribution in [2.24, 2.45) is 0 Å². The van der Waals surface area contributed by atoms with Crippen LogP contribution in [0.4, 0.5) is 0 Å². The summed E-state index contributed by atoms with van der Waals surface area (Å²) in [6.45, 7) is -1.08. The molecule has 0 saturated carbocycles. The molecule has 2 aliphatic rings. The standard InChI is InChI=1S/C12H22O9S2/c13-1-3-5(15)7(17)9(19)11(20-3)23-12-10(22)8(18)6(16)4(2-14)21-12/h3-19,22H,1-2H2/t3-,4-,5+,6+,7+,8+,9-,10-,11+,12+/m1/s1. The fourth-order valence-electron chi connectivity index (χ4n) is 2.49. The SMILES string of the molecule is OC[C@H]1O[C@@H](S[C@@H]2O[C@H](CO)[C@H](O)[C@H](O)[C@H]2S)[C@H](O)[C@@H](O)[C@H]1O. The maximum atomic E-state index is 10.00. The number of ether oxygens (including phenoxy) is 2. The molecule has 0 radical (unpaired) electrons. The van der Waals surface area contributed by atoms with Crippen molar-refractivity contribution in [1.82, 2.24) is 0 Å². The monoisotopic (exact) mass is 374 g/mol. The summed E-state index contributed by atoms with van der Waals surface area (Å²) in [5, 5.41) is 66.7. The van der Waals surface area contributed by atoms with Gasteiger partial charge >= 0.3 is 0 Å². The van der Waals surface area contributed by atoms with Gasteiger partial charge in [0.1, 0.15) is 47.5 Å². The van der Waals surface area contributed by atoms with Crippen molar-refractivity contribution in [3.8, 4) is 0 Å². The van der Waals surface area contributed by atoms with Crippen LogP contribution < -0.4 is 0 Å². The Kier molecular flexibility index (Phi) is 6.96. The van der Waals surface area contributed by atoms with E-state index in [0.717, 1.165) is 11.8 Å². The Bertz CT molecular complexity index is 352. The number of hydrogen-bond acceptors (Lipinski definition) is 11. The van der Waals surface area contributed by atoms with Gasteiger partial charge in [-0.25, -0.2) is 0 Å². The average molecular weight is 374 g/mol. The van der Waals surface area contributed by atoms with Gasteiger partial charge in [0.15, 0.2) is 0 Å². The second-order valence-corrected chi connectivity index (χ2v) is 7.33. The van der Waals surface area contributed by atoms with Crippen molar-refractivity contribution >= 4 is 24.4 Å². The highest BCUT2D eigenvalue weighted by atomic mass is 32.2. The van der Waals surface area contributed by atoms with Gasteiger partial charge in [-0.15, -0.1) is 0 Å². The van der Waals surface area contributed by atoms with Crippen LogP contribution in [0.1, 0.15) is 0 Å². The van der Waals surface area contributed by atoms with E-state index in [1.807, 2.05) is 0 Å². The maximum Gasteiger partial charge on any atom is 0.134 e. The van der Waals surface area contributed by atoms with Crippen molar-refractivity contribution in [3.63, 3.8) is 0 Å². The average Bonchev–Trinajstić information content (AvgIpc) is 2.55. The Hall–Kier alpha value is 0.340. The van der Waals surface area contributed by atoms with E-state index in [4.69, 9.17) is 14.6 Å². The van der Waals surface area contributed by atoms with E-state index < -0.39 is 72.1 Å². The molecule has 0 aromatic heterocycles. The highest BCUT2D eigenvalue weighted by Crippen LogP contribution is 2.38. The van der Waals surface area contributed by atoms with Crippen LogP contribution in [-0.4, -0.2) is 108 Å². The largest absolute Gasteiger partial charge is 0.394 e. The molecule has 2 saturated heterocycles. The quantitative estimate of drug-likeness (QED) is 0.230. The molecule has 0 spiro atoms. The summed E-state index contributed by atoms with van der Waals surface area (Å²) >= 11 is 5.04. The minimum atomic E-state index is -1.52. The lowest BCUT2D eigenvalue weighted by atomic mass is 10.0. The Labute approximate surface area is 142 Å². The lowest BCUT2D eigenvalue weighted by Crippen LogP contribution is -2.60. The number of rotatable bonds is 4. The Morgan fingerprint density at radius 2 is 1.17 bits per heavy atom. The molecule has 0 unspecified atom stereocenters. The number of aliphatic hydroxyl groups excluding tert-OH is 7. The summed E-state index contributed by atoms with van der Waals surface area (Å²) in [5.41, 5.74) is -1.93. The number of thiol groups is 1. The molecule has 136 valence electrons. The lowest BCUT2D eigenvalue weighted by Gasteiger charge is -2.44. The first-order valence-electron chi connectivity index (χ1n) is 7.08. The maximum absolute atomic E-state index is 10.00. The molecule has 0 bridgehead atoms. The topological polar surface area (TPSA) is 160 Å². The minimum absolute atomic E-state index is 0.523. The molecule has 9 nitrogen and oxygen atoms in total. The molecule has 7 N–H and O–H groups in total. The molecule has 0 aromatic carbocycles. The van der Waals surface area contributed by atoms with Gasteiger partial charge in [-0.1, -0.05) is 11.8 Å². The molecule has 0 aromatic rings. The fraction of sp³-hybridized carbons (Fsp3) is 1.00. The van der Waals surface area contributed by atoms with Crippen LogP contribution in [0, 0.1) is 0 Å². The predicted molar refractivity (Wildman–Crippen MR) is 81.9 cm³/mol. The second kappa shape index (κ2) is 8.15. The van der Waals surface area contributed by atoms with E-state index in [2.05, 4.69) is 12.6 Å². The molecule has 0 amide bonds. The zero-order chi connectivity index (χ0) is 17.3. The summed E-state index contributed by atoms with van der Waals surface area (Å²) in [6.07, 6.45) is -9.12. The van der Waals surface area contributed by atoms with Gasteiger partial charge in [0, 0.05) is 0 Å². The first-order chi connectivity index (χ1) is 10.8. The summed E-state index contributed by atoms with van der Waals surface area (Å²) < 4.78 is 10.8. The zero-order valence-electron chi connectivity index (χ0n) is 12.0. The smallest absolute Gasteiger partial charge is 0.134 e. The molecule has 2 fully saturated rings. The molecule has 23 heavy (non-hydrogen) atoms. The third-order valence-corrected chi connectivity index (χ3v) is 6.07. The van der Waals surface area contributed by atoms with E-state index in [-0.39, 0.29) is 0 Å². The number of aliphatic hydroxyl groups is 7. The highest BCUT2D eigenvalue weighted by molar-refractivity contribution is 8.01. The highest BCUT2D eigenvalue weighted by Gasteiger charge is 2.48. The molecule has 2 aliphatic heterocycles. The van der Waals surface area contributed by atoms with Gasteiger partial charge in [-0.2, -0.15) is 12.6 Å². The van der Waals surface area contributed by atoms with Crippen molar-refractivity contribution in [1.29, 1.82) is 0 Å². The van der Waals surface area contributed by atoms with E-state index >= 15 is 0 Å². The summed E-state index contributed by atoms with van der Waals surface area (Å²) in [5.74, 6) is 0. The van der Waals surface area contributed by atoms with Crippen LogP contribution in [-0.2, 0) is 9.47 Å².